The fourth-order valence-electron chi connectivity index (χ4n) is 1.38. The van der Waals surface area contributed by atoms with Gasteiger partial charge in [0.25, 0.3) is 5.91 Å². The summed E-state index contributed by atoms with van der Waals surface area (Å²) in [6.45, 7) is 7.54. The third kappa shape index (κ3) is 4.81. The summed E-state index contributed by atoms with van der Waals surface area (Å²) in [5, 5.41) is 2.66. The van der Waals surface area contributed by atoms with Crippen molar-refractivity contribution >= 4 is 11.7 Å². The molecule has 0 radical (unpaired) electrons. The molecule has 1 amide bonds. The second kappa shape index (κ2) is 5.13. The van der Waals surface area contributed by atoms with Crippen LogP contribution in [0, 0.1) is 6.92 Å². The van der Waals surface area contributed by atoms with Gasteiger partial charge in [0, 0.05) is 12.0 Å². The molecule has 1 aromatic rings. The average Bonchev–Trinajstić information content (AvgIpc) is 2.19. The number of benzene rings is 1. The van der Waals surface area contributed by atoms with Gasteiger partial charge < -0.3 is 5.32 Å². The van der Waals surface area contributed by atoms with Gasteiger partial charge in [0.15, 0.2) is 0 Å². The molecular weight excluding hydrogens is 214 g/mol. The molecule has 0 aliphatic carbocycles. The number of carbonyl (C=O) groups excluding carboxylic acids is 2. The van der Waals surface area contributed by atoms with Crippen molar-refractivity contribution in [1.82, 2.24) is 5.32 Å². The Hall–Kier alpha value is -1.64. The van der Waals surface area contributed by atoms with E-state index in [2.05, 4.69) is 5.32 Å². The van der Waals surface area contributed by atoms with Crippen molar-refractivity contribution in [3.8, 4) is 0 Å². The minimum atomic E-state index is -0.516. The molecule has 0 heterocycles. The predicted octanol–water partition coefficient (Wildman–Crippen LogP) is 2.02. The van der Waals surface area contributed by atoms with Crippen LogP contribution in [0.4, 0.5) is 0 Å². The molecule has 17 heavy (non-hydrogen) atoms. The SMILES string of the molecule is Cc1ccc(CC(=O)C(=O)NC(C)(C)C)cc1. The van der Waals surface area contributed by atoms with E-state index in [9.17, 15) is 9.59 Å². The first kappa shape index (κ1) is 13.4. The Balaban J connectivity index is 2.60. The van der Waals surface area contributed by atoms with E-state index < -0.39 is 11.7 Å². The molecule has 1 aromatic carbocycles. The van der Waals surface area contributed by atoms with Crippen molar-refractivity contribution in [2.75, 3.05) is 0 Å². The highest BCUT2D eigenvalue weighted by Crippen LogP contribution is 2.05. The monoisotopic (exact) mass is 233 g/mol. The summed E-state index contributed by atoms with van der Waals surface area (Å²) in [6, 6.07) is 7.61. The Morgan fingerprint density at radius 1 is 1.12 bits per heavy atom. The molecule has 3 heteroatoms. The molecule has 92 valence electrons. The van der Waals surface area contributed by atoms with Crippen molar-refractivity contribution in [1.29, 1.82) is 0 Å². The van der Waals surface area contributed by atoms with E-state index in [0.29, 0.717) is 0 Å². The van der Waals surface area contributed by atoms with Gasteiger partial charge in [-0.3, -0.25) is 9.59 Å². The molecule has 0 unspecified atom stereocenters. The third-order valence-corrected chi connectivity index (χ3v) is 2.23. The summed E-state index contributed by atoms with van der Waals surface area (Å²) in [7, 11) is 0. The van der Waals surface area contributed by atoms with Crippen molar-refractivity contribution < 1.29 is 9.59 Å². The Bertz CT molecular complexity index is 413. The maximum absolute atomic E-state index is 11.7. The second-order valence-electron chi connectivity index (χ2n) is 5.29. The number of ketones is 1. The van der Waals surface area contributed by atoms with Crippen LogP contribution in [0.3, 0.4) is 0 Å². The van der Waals surface area contributed by atoms with Crippen LogP contribution in [-0.2, 0) is 16.0 Å². The molecule has 0 atom stereocenters. The zero-order chi connectivity index (χ0) is 13.1. The molecule has 0 bridgehead atoms. The minimum absolute atomic E-state index is 0.155. The minimum Gasteiger partial charge on any atom is -0.345 e. The number of nitrogens with one attached hydrogen (secondary N) is 1. The Morgan fingerprint density at radius 3 is 2.12 bits per heavy atom. The smallest absolute Gasteiger partial charge is 0.288 e. The number of rotatable bonds is 3. The van der Waals surface area contributed by atoms with Crippen LogP contribution >= 0.6 is 0 Å². The third-order valence-electron chi connectivity index (χ3n) is 2.23. The first-order chi connectivity index (χ1) is 7.78. The van der Waals surface area contributed by atoms with Gasteiger partial charge in [-0.15, -0.1) is 0 Å². The van der Waals surface area contributed by atoms with Crippen LogP contribution in [0.5, 0.6) is 0 Å². The van der Waals surface area contributed by atoms with Crippen molar-refractivity contribution in [3.63, 3.8) is 0 Å². The normalized spacial score (nSPS) is 11.1. The van der Waals surface area contributed by atoms with E-state index in [-0.39, 0.29) is 12.0 Å². The standard InChI is InChI=1S/C14H19NO2/c1-10-5-7-11(8-6-10)9-12(16)13(17)15-14(2,3)4/h5-8H,9H2,1-4H3,(H,15,17). The van der Waals surface area contributed by atoms with Crippen LogP contribution in [0.15, 0.2) is 24.3 Å². The molecule has 0 saturated carbocycles. The fraction of sp³-hybridized carbons (Fsp3) is 0.429. The lowest BCUT2D eigenvalue weighted by atomic mass is 10.0. The Morgan fingerprint density at radius 2 is 1.65 bits per heavy atom. The first-order valence-electron chi connectivity index (χ1n) is 5.69. The summed E-state index contributed by atoms with van der Waals surface area (Å²) in [4.78, 5) is 23.2. The Labute approximate surface area is 102 Å². The van der Waals surface area contributed by atoms with E-state index >= 15 is 0 Å². The zero-order valence-corrected chi connectivity index (χ0v) is 10.8. The van der Waals surface area contributed by atoms with Crippen LogP contribution in [-0.4, -0.2) is 17.2 Å². The number of amides is 1. The highest BCUT2D eigenvalue weighted by Gasteiger charge is 2.19. The van der Waals surface area contributed by atoms with Crippen LogP contribution in [0.25, 0.3) is 0 Å². The molecule has 0 aliphatic rings. The highest BCUT2D eigenvalue weighted by atomic mass is 16.2. The van der Waals surface area contributed by atoms with Gasteiger partial charge in [0.2, 0.25) is 5.78 Å². The topological polar surface area (TPSA) is 46.2 Å². The lowest BCUT2D eigenvalue weighted by molar-refractivity contribution is -0.138. The van der Waals surface area contributed by atoms with E-state index in [1.807, 2.05) is 52.0 Å². The van der Waals surface area contributed by atoms with E-state index in [4.69, 9.17) is 0 Å². The summed E-state index contributed by atoms with van der Waals surface area (Å²) in [5.74, 6) is -0.915. The van der Waals surface area contributed by atoms with Gasteiger partial charge in [0.1, 0.15) is 0 Å². The van der Waals surface area contributed by atoms with E-state index in [1.165, 1.54) is 0 Å². The number of carbonyl (C=O) groups is 2. The number of Topliss-reactive ketones (excluding diaryl/α,β-unsaturated/α-hetero) is 1. The first-order valence-corrected chi connectivity index (χ1v) is 5.69. The Kier molecular flexibility index (Phi) is 4.05. The fourth-order valence-corrected chi connectivity index (χ4v) is 1.38. The maximum atomic E-state index is 11.7. The number of hydrogen-bond donors (Lipinski definition) is 1. The summed E-state index contributed by atoms with van der Waals surface area (Å²) < 4.78 is 0. The molecule has 1 N–H and O–H groups in total. The molecule has 0 aromatic heterocycles. The van der Waals surface area contributed by atoms with Crippen LogP contribution in [0.2, 0.25) is 0 Å². The van der Waals surface area contributed by atoms with Gasteiger partial charge >= 0.3 is 0 Å². The van der Waals surface area contributed by atoms with Gasteiger partial charge in [-0.1, -0.05) is 29.8 Å². The van der Waals surface area contributed by atoms with Crippen molar-refractivity contribution in [3.05, 3.63) is 35.4 Å². The van der Waals surface area contributed by atoms with E-state index in [0.717, 1.165) is 11.1 Å². The molecular formula is C14H19NO2. The largest absolute Gasteiger partial charge is 0.345 e. The summed E-state index contributed by atoms with van der Waals surface area (Å²) in [5.41, 5.74) is 1.63. The average molecular weight is 233 g/mol. The van der Waals surface area contributed by atoms with Gasteiger partial charge in [0.05, 0.1) is 0 Å². The molecule has 0 spiro atoms. The zero-order valence-electron chi connectivity index (χ0n) is 10.8. The van der Waals surface area contributed by atoms with Gasteiger partial charge in [-0.25, -0.2) is 0 Å². The molecule has 0 saturated heterocycles. The maximum Gasteiger partial charge on any atom is 0.288 e. The summed E-state index contributed by atoms with van der Waals surface area (Å²) in [6.07, 6.45) is 0.155. The van der Waals surface area contributed by atoms with Crippen molar-refractivity contribution in [2.24, 2.45) is 0 Å². The molecule has 0 aliphatic heterocycles. The number of hydrogen-bond acceptors (Lipinski definition) is 2. The number of aryl methyl sites for hydroxylation is 1. The van der Waals surface area contributed by atoms with Crippen molar-refractivity contribution in [2.45, 2.75) is 39.7 Å². The quantitative estimate of drug-likeness (QED) is 0.812. The molecule has 1 rings (SSSR count). The van der Waals surface area contributed by atoms with E-state index in [1.54, 1.807) is 0 Å². The highest BCUT2D eigenvalue weighted by molar-refractivity contribution is 6.36. The predicted molar refractivity (Wildman–Crippen MR) is 67.8 cm³/mol. The second-order valence-corrected chi connectivity index (χ2v) is 5.29. The van der Waals surface area contributed by atoms with Crippen LogP contribution in [0.1, 0.15) is 31.9 Å². The van der Waals surface area contributed by atoms with Gasteiger partial charge in [-0.05, 0) is 33.3 Å². The van der Waals surface area contributed by atoms with Gasteiger partial charge in [-0.2, -0.15) is 0 Å². The van der Waals surface area contributed by atoms with Crippen LogP contribution < -0.4 is 5.32 Å². The lowest BCUT2D eigenvalue weighted by Crippen LogP contribution is -2.44. The molecule has 0 fully saturated rings. The molecule has 3 nitrogen and oxygen atoms in total. The summed E-state index contributed by atoms with van der Waals surface area (Å²) >= 11 is 0. The lowest BCUT2D eigenvalue weighted by Gasteiger charge is -2.19.